The fourth-order valence-electron chi connectivity index (χ4n) is 2.88. The number of carbonyl (C=O) groups is 1. The molecule has 0 atom stereocenters. The van der Waals surface area contributed by atoms with Crippen LogP contribution in [0.5, 0.6) is 0 Å². The minimum atomic E-state index is -0.968. The molecule has 0 spiro atoms. The third-order valence-electron chi connectivity index (χ3n) is 4.01. The standard InChI is InChI=1S/C19H12N2O3/c22-18-15-6-2-5-14-12(7-8-16(21-18)17(14)15)10-20-13-4-1-3-11(9-13)19(23)24/h1-10,20H,(H,23,24). The van der Waals surface area contributed by atoms with Gasteiger partial charge in [-0.05, 0) is 40.9 Å². The smallest absolute Gasteiger partial charge is 0.335 e. The van der Waals surface area contributed by atoms with Crippen LogP contribution in [0.1, 0.15) is 10.4 Å². The number of rotatable bonds is 3. The van der Waals surface area contributed by atoms with Crippen LogP contribution in [-0.2, 0) is 0 Å². The first kappa shape index (κ1) is 14.1. The number of aromatic nitrogens is 1. The third kappa shape index (κ3) is 2.23. The van der Waals surface area contributed by atoms with Crippen molar-refractivity contribution >= 4 is 39.5 Å². The van der Waals surface area contributed by atoms with Gasteiger partial charge in [-0.25, -0.2) is 9.78 Å². The van der Waals surface area contributed by atoms with Crippen LogP contribution < -0.4 is 16.1 Å². The number of aromatic carboxylic acids is 1. The van der Waals surface area contributed by atoms with Crippen LogP contribution in [0, 0.1) is 0 Å². The lowest BCUT2D eigenvalue weighted by molar-refractivity contribution is 0.0697. The van der Waals surface area contributed by atoms with E-state index < -0.39 is 5.97 Å². The van der Waals surface area contributed by atoms with Gasteiger partial charge in [-0.15, -0.1) is 0 Å². The van der Waals surface area contributed by atoms with Gasteiger partial charge in [-0.2, -0.15) is 0 Å². The maximum Gasteiger partial charge on any atom is 0.335 e. The molecule has 2 N–H and O–H groups in total. The lowest BCUT2D eigenvalue weighted by atomic mass is 10.1. The summed E-state index contributed by atoms with van der Waals surface area (Å²) in [5, 5.41) is 15.5. The molecule has 5 heteroatoms. The largest absolute Gasteiger partial charge is 0.478 e. The minimum absolute atomic E-state index is 0.213. The second-order valence-electron chi connectivity index (χ2n) is 5.49. The zero-order valence-electron chi connectivity index (χ0n) is 12.5. The van der Waals surface area contributed by atoms with Crippen LogP contribution in [0.15, 0.2) is 59.4 Å². The van der Waals surface area contributed by atoms with Gasteiger partial charge in [0, 0.05) is 17.3 Å². The fourth-order valence-corrected chi connectivity index (χ4v) is 2.88. The number of hydrogen-bond acceptors (Lipinski definition) is 4. The zero-order valence-corrected chi connectivity index (χ0v) is 12.5. The number of nitrogens with zero attached hydrogens (tertiary/aromatic N) is 1. The fraction of sp³-hybridized carbons (Fsp3) is 0. The average molecular weight is 316 g/mol. The second kappa shape index (κ2) is 5.31. The molecule has 116 valence electrons. The molecule has 3 aromatic carbocycles. The van der Waals surface area contributed by atoms with Crippen molar-refractivity contribution in [1.82, 2.24) is 4.98 Å². The Hall–Kier alpha value is -3.47. The highest BCUT2D eigenvalue weighted by atomic mass is 16.4. The predicted molar refractivity (Wildman–Crippen MR) is 93.4 cm³/mol. The van der Waals surface area contributed by atoms with Crippen LogP contribution in [0.3, 0.4) is 0 Å². The molecule has 4 rings (SSSR count). The van der Waals surface area contributed by atoms with E-state index in [0.29, 0.717) is 16.6 Å². The Bertz CT molecular complexity index is 1180. The van der Waals surface area contributed by atoms with Crippen LogP contribution in [0.25, 0.3) is 27.9 Å². The highest BCUT2D eigenvalue weighted by molar-refractivity contribution is 6.09. The Kier molecular flexibility index (Phi) is 3.13. The lowest BCUT2D eigenvalue weighted by Crippen LogP contribution is -2.05. The monoisotopic (exact) mass is 316 g/mol. The van der Waals surface area contributed by atoms with E-state index in [4.69, 9.17) is 5.11 Å². The Labute approximate surface area is 136 Å². The number of benzene rings is 3. The molecular weight excluding hydrogens is 304 g/mol. The summed E-state index contributed by atoms with van der Waals surface area (Å²) in [4.78, 5) is 27.0. The van der Waals surface area contributed by atoms with Gasteiger partial charge in [-0.1, -0.05) is 24.3 Å². The van der Waals surface area contributed by atoms with E-state index in [9.17, 15) is 9.59 Å². The number of hydrogen-bond donors (Lipinski definition) is 2. The van der Waals surface area contributed by atoms with Crippen LogP contribution in [0.4, 0.5) is 5.69 Å². The van der Waals surface area contributed by atoms with Gasteiger partial charge in [0.1, 0.15) is 0 Å². The third-order valence-corrected chi connectivity index (χ3v) is 4.01. The van der Waals surface area contributed by atoms with E-state index in [1.165, 1.54) is 0 Å². The number of nitrogens with one attached hydrogen (secondary N) is 1. The van der Waals surface area contributed by atoms with Crippen LogP contribution in [0.2, 0.25) is 0 Å². The van der Waals surface area contributed by atoms with E-state index in [0.717, 1.165) is 16.0 Å². The molecular formula is C19H12N2O3. The maximum absolute atomic E-state index is 11.9. The van der Waals surface area contributed by atoms with Crippen molar-refractivity contribution in [3.8, 4) is 0 Å². The molecule has 0 amide bonds. The molecule has 0 aliphatic carbocycles. The van der Waals surface area contributed by atoms with Gasteiger partial charge in [0.15, 0.2) is 0 Å². The summed E-state index contributed by atoms with van der Waals surface area (Å²) in [5.74, 6) is -0.968. The van der Waals surface area contributed by atoms with Gasteiger partial charge in [0.25, 0.3) is 5.56 Å². The normalized spacial score (nSPS) is 12.1. The van der Waals surface area contributed by atoms with Crippen molar-refractivity contribution < 1.29 is 9.90 Å². The van der Waals surface area contributed by atoms with Crippen LogP contribution in [-0.4, -0.2) is 16.1 Å². The first-order valence-electron chi connectivity index (χ1n) is 7.38. The molecule has 4 aromatic rings. The summed E-state index contributed by atoms with van der Waals surface area (Å²) >= 11 is 0. The number of carboxylic acid groups (broad SMARTS) is 1. The molecule has 0 bridgehead atoms. The highest BCUT2D eigenvalue weighted by Gasteiger charge is 2.09. The van der Waals surface area contributed by atoms with Crippen molar-refractivity contribution in [1.29, 1.82) is 0 Å². The van der Waals surface area contributed by atoms with Crippen molar-refractivity contribution in [2.24, 2.45) is 0 Å². The van der Waals surface area contributed by atoms with Crippen LogP contribution >= 0.6 is 0 Å². The van der Waals surface area contributed by atoms with Crippen molar-refractivity contribution in [2.45, 2.75) is 0 Å². The minimum Gasteiger partial charge on any atom is -0.478 e. The summed E-state index contributed by atoms with van der Waals surface area (Å²) in [6.45, 7) is 0. The van der Waals surface area contributed by atoms with E-state index >= 15 is 0 Å². The molecule has 0 saturated carbocycles. The van der Waals surface area contributed by atoms with E-state index in [1.807, 2.05) is 24.3 Å². The second-order valence-corrected chi connectivity index (χ2v) is 5.49. The van der Waals surface area contributed by atoms with Gasteiger partial charge in [0.2, 0.25) is 0 Å². The topological polar surface area (TPSA) is 79.3 Å². The summed E-state index contributed by atoms with van der Waals surface area (Å²) in [6.07, 6.45) is 1.80. The van der Waals surface area contributed by atoms with Crippen molar-refractivity contribution in [3.05, 3.63) is 75.7 Å². The maximum atomic E-state index is 11.9. The summed E-state index contributed by atoms with van der Waals surface area (Å²) in [7, 11) is 0. The highest BCUT2D eigenvalue weighted by Crippen LogP contribution is 2.20. The molecule has 0 fully saturated rings. The molecule has 24 heavy (non-hydrogen) atoms. The van der Waals surface area contributed by atoms with E-state index in [-0.39, 0.29) is 11.1 Å². The lowest BCUT2D eigenvalue weighted by Gasteiger charge is -2.03. The SMILES string of the molecule is O=C(O)c1cccc(NC=c2ccc3nc(=O)c4cccc2c34)c1. The Morgan fingerprint density at radius 1 is 1.04 bits per heavy atom. The van der Waals surface area contributed by atoms with Gasteiger partial charge in [0.05, 0.1) is 16.5 Å². The Morgan fingerprint density at radius 3 is 2.67 bits per heavy atom. The molecule has 0 aliphatic rings. The molecule has 1 aromatic heterocycles. The average Bonchev–Trinajstić information content (AvgIpc) is 2.92. The molecule has 0 unspecified atom stereocenters. The summed E-state index contributed by atoms with van der Waals surface area (Å²) in [5.41, 5.74) is 1.38. The molecule has 1 heterocycles. The Morgan fingerprint density at radius 2 is 1.83 bits per heavy atom. The first-order chi connectivity index (χ1) is 11.6. The molecule has 0 aliphatic heterocycles. The van der Waals surface area contributed by atoms with Gasteiger partial charge < -0.3 is 10.4 Å². The number of carboxylic acids is 1. The quantitative estimate of drug-likeness (QED) is 0.607. The van der Waals surface area contributed by atoms with Gasteiger partial charge in [-0.3, -0.25) is 4.79 Å². The van der Waals surface area contributed by atoms with E-state index in [1.54, 1.807) is 36.5 Å². The molecule has 5 nitrogen and oxygen atoms in total. The molecule has 0 saturated heterocycles. The summed E-state index contributed by atoms with van der Waals surface area (Å²) in [6, 6.07) is 15.8. The number of anilines is 1. The Balaban J connectivity index is 1.83. The van der Waals surface area contributed by atoms with Crippen molar-refractivity contribution in [3.63, 3.8) is 0 Å². The first-order valence-corrected chi connectivity index (χ1v) is 7.38. The predicted octanol–water partition coefficient (Wildman–Crippen LogP) is 2.45. The molecule has 0 radical (unpaired) electrons. The zero-order chi connectivity index (χ0) is 16.7. The summed E-state index contributed by atoms with van der Waals surface area (Å²) < 4.78 is 0. The van der Waals surface area contributed by atoms with Crippen molar-refractivity contribution in [2.75, 3.05) is 5.32 Å². The van der Waals surface area contributed by atoms with E-state index in [2.05, 4.69) is 10.3 Å². The van der Waals surface area contributed by atoms with Gasteiger partial charge >= 0.3 is 5.97 Å².